The fourth-order valence-corrected chi connectivity index (χ4v) is 2.44. The summed E-state index contributed by atoms with van der Waals surface area (Å²) in [6.07, 6.45) is 4.85. The molecule has 0 amide bonds. The molecule has 4 nitrogen and oxygen atoms in total. The average Bonchev–Trinajstić information content (AvgIpc) is 2.92. The van der Waals surface area contributed by atoms with Crippen molar-refractivity contribution in [2.24, 2.45) is 0 Å². The van der Waals surface area contributed by atoms with Gasteiger partial charge in [-0.3, -0.25) is 9.69 Å². The number of rotatable bonds is 5. The molecule has 1 atom stereocenters. The Bertz CT molecular complexity index is 241. The number of likely N-dealkylation sites (tertiary alicyclic amines) is 1. The first-order valence-corrected chi connectivity index (χ1v) is 5.83. The van der Waals surface area contributed by atoms with Crippen molar-refractivity contribution in [2.45, 2.75) is 37.8 Å². The van der Waals surface area contributed by atoms with Crippen LogP contribution in [-0.2, 0) is 4.79 Å². The SMILES string of the molecule is CN1CCC[C@H]1CN(CC(=O)O)C1CC1. The monoisotopic (exact) mass is 212 g/mol. The lowest BCUT2D eigenvalue weighted by Gasteiger charge is -2.27. The second-order valence-electron chi connectivity index (χ2n) is 4.83. The summed E-state index contributed by atoms with van der Waals surface area (Å²) in [7, 11) is 2.14. The van der Waals surface area contributed by atoms with Gasteiger partial charge in [-0.05, 0) is 39.3 Å². The van der Waals surface area contributed by atoms with Gasteiger partial charge in [-0.25, -0.2) is 0 Å². The molecular weight excluding hydrogens is 192 g/mol. The first-order chi connectivity index (χ1) is 7.16. The first kappa shape index (κ1) is 10.9. The molecule has 4 heteroatoms. The summed E-state index contributed by atoms with van der Waals surface area (Å²) >= 11 is 0. The van der Waals surface area contributed by atoms with Gasteiger partial charge in [-0.2, -0.15) is 0 Å². The van der Waals surface area contributed by atoms with Gasteiger partial charge in [0.15, 0.2) is 0 Å². The van der Waals surface area contributed by atoms with E-state index in [9.17, 15) is 4.79 Å². The molecule has 0 aromatic rings. The Hall–Kier alpha value is -0.610. The van der Waals surface area contributed by atoms with Crippen LogP contribution in [-0.4, -0.2) is 59.6 Å². The van der Waals surface area contributed by atoms with E-state index >= 15 is 0 Å². The number of carbonyl (C=O) groups is 1. The summed E-state index contributed by atoms with van der Waals surface area (Å²) in [6, 6.07) is 1.13. The highest BCUT2D eigenvalue weighted by Gasteiger charge is 2.33. The van der Waals surface area contributed by atoms with Gasteiger partial charge < -0.3 is 10.0 Å². The third kappa shape index (κ3) is 2.92. The molecule has 0 spiro atoms. The lowest BCUT2D eigenvalue weighted by Crippen LogP contribution is -2.42. The molecule has 1 saturated heterocycles. The molecule has 1 N–H and O–H groups in total. The van der Waals surface area contributed by atoms with E-state index < -0.39 is 5.97 Å². The van der Waals surface area contributed by atoms with Gasteiger partial charge in [0, 0.05) is 18.6 Å². The Morgan fingerprint density at radius 3 is 2.67 bits per heavy atom. The van der Waals surface area contributed by atoms with Gasteiger partial charge in [0.2, 0.25) is 0 Å². The number of hydrogen-bond donors (Lipinski definition) is 1. The van der Waals surface area contributed by atoms with Crippen LogP contribution in [0.5, 0.6) is 0 Å². The maximum atomic E-state index is 10.7. The van der Waals surface area contributed by atoms with E-state index in [1.54, 1.807) is 0 Å². The Morgan fingerprint density at radius 1 is 1.47 bits per heavy atom. The van der Waals surface area contributed by atoms with Crippen LogP contribution in [0.3, 0.4) is 0 Å². The second-order valence-corrected chi connectivity index (χ2v) is 4.83. The third-order valence-corrected chi connectivity index (χ3v) is 3.52. The molecule has 0 unspecified atom stereocenters. The summed E-state index contributed by atoms with van der Waals surface area (Å²) in [5.41, 5.74) is 0. The Morgan fingerprint density at radius 2 is 2.20 bits per heavy atom. The van der Waals surface area contributed by atoms with E-state index in [0.29, 0.717) is 12.1 Å². The summed E-state index contributed by atoms with van der Waals surface area (Å²) in [6.45, 7) is 2.32. The van der Waals surface area contributed by atoms with Gasteiger partial charge in [0.1, 0.15) is 0 Å². The Labute approximate surface area is 90.9 Å². The number of likely N-dealkylation sites (N-methyl/N-ethyl adjacent to an activating group) is 1. The standard InChI is InChI=1S/C11H20N2O2/c1-12-6-2-3-10(12)7-13(8-11(14)15)9-4-5-9/h9-10H,2-8H2,1H3,(H,14,15)/t10-/m0/s1. The minimum Gasteiger partial charge on any atom is -0.480 e. The molecular formula is C11H20N2O2. The predicted molar refractivity (Wildman–Crippen MR) is 57.9 cm³/mol. The molecule has 0 aromatic heterocycles. The molecule has 0 bridgehead atoms. The van der Waals surface area contributed by atoms with Crippen LogP contribution in [0.2, 0.25) is 0 Å². The van der Waals surface area contributed by atoms with Crippen LogP contribution in [0.4, 0.5) is 0 Å². The minimum absolute atomic E-state index is 0.217. The fraction of sp³-hybridized carbons (Fsp3) is 0.909. The largest absolute Gasteiger partial charge is 0.480 e. The molecule has 1 saturated carbocycles. The normalized spacial score (nSPS) is 27.5. The number of carboxylic acids is 1. The topological polar surface area (TPSA) is 43.8 Å². The van der Waals surface area contributed by atoms with Crippen molar-refractivity contribution in [3.05, 3.63) is 0 Å². The number of hydrogen-bond acceptors (Lipinski definition) is 3. The molecule has 15 heavy (non-hydrogen) atoms. The first-order valence-electron chi connectivity index (χ1n) is 5.83. The maximum Gasteiger partial charge on any atom is 0.317 e. The number of aliphatic carboxylic acids is 1. The molecule has 1 aliphatic heterocycles. The van der Waals surface area contributed by atoms with Crippen LogP contribution < -0.4 is 0 Å². The smallest absolute Gasteiger partial charge is 0.317 e. The lowest BCUT2D eigenvalue weighted by molar-refractivity contribution is -0.138. The zero-order valence-corrected chi connectivity index (χ0v) is 9.35. The molecule has 0 aromatic carbocycles. The molecule has 1 heterocycles. The lowest BCUT2D eigenvalue weighted by atomic mass is 10.2. The summed E-state index contributed by atoms with van der Waals surface area (Å²) in [4.78, 5) is 15.2. The highest BCUT2D eigenvalue weighted by molar-refractivity contribution is 5.69. The highest BCUT2D eigenvalue weighted by Crippen LogP contribution is 2.28. The molecule has 0 radical (unpaired) electrons. The van der Waals surface area contributed by atoms with Gasteiger partial charge >= 0.3 is 5.97 Å². The molecule has 86 valence electrons. The summed E-state index contributed by atoms with van der Waals surface area (Å²) in [5.74, 6) is -0.692. The molecule has 2 fully saturated rings. The summed E-state index contributed by atoms with van der Waals surface area (Å²) < 4.78 is 0. The third-order valence-electron chi connectivity index (χ3n) is 3.52. The van der Waals surface area contributed by atoms with Crippen molar-refractivity contribution >= 4 is 5.97 Å². The van der Waals surface area contributed by atoms with Crippen molar-refractivity contribution < 1.29 is 9.90 Å². The van der Waals surface area contributed by atoms with Gasteiger partial charge in [-0.1, -0.05) is 0 Å². The van der Waals surface area contributed by atoms with Crippen LogP contribution in [0.15, 0.2) is 0 Å². The van der Waals surface area contributed by atoms with E-state index in [0.717, 1.165) is 13.1 Å². The van der Waals surface area contributed by atoms with E-state index in [-0.39, 0.29) is 6.54 Å². The van der Waals surface area contributed by atoms with Crippen LogP contribution in [0.1, 0.15) is 25.7 Å². The fourth-order valence-electron chi connectivity index (χ4n) is 2.44. The Balaban J connectivity index is 1.85. The van der Waals surface area contributed by atoms with Crippen molar-refractivity contribution in [3.8, 4) is 0 Å². The van der Waals surface area contributed by atoms with E-state index in [2.05, 4.69) is 16.8 Å². The second kappa shape index (κ2) is 4.49. The van der Waals surface area contributed by atoms with E-state index in [4.69, 9.17) is 5.11 Å². The quantitative estimate of drug-likeness (QED) is 0.726. The molecule has 1 aliphatic carbocycles. The van der Waals surface area contributed by atoms with E-state index in [1.165, 1.54) is 25.7 Å². The zero-order valence-electron chi connectivity index (χ0n) is 9.35. The molecule has 2 rings (SSSR count). The maximum absolute atomic E-state index is 10.7. The van der Waals surface area contributed by atoms with Crippen molar-refractivity contribution in [1.82, 2.24) is 9.80 Å². The van der Waals surface area contributed by atoms with Crippen molar-refractivity contribution in [3.63, 3.8) is 0 Å². The number of carboxylic acid groups (broad SMARTS) is 1. The highest BCUT2D eigenvalue weighted by atomic mass is 16.4. The van der Waals surface area contributed by atoms with Crippen LogP contribution in [0.25, 0.3) is 0 Å². The van der Waals surface area contributed by atoms with Crippen LogP contribution in [0, 0.1) is 0 Å². The van der Waals surface area contributed by atoms with Gasteiger partial charge in [0.25, 0.3) is 0 Å². The van der Waals surface area contributed by atoms with Crippen molar-refractivity contribution in [2.75, 3.05) is 26.7 Å². The van der Waals surface area contributed by atoms with Gasteiger partial charge in [-0.15, -0.1) is 0 Å². The van der Waals surface area contributed by atoms with Crippen LogP contribution >= 0.6 is 0 Å². The number of nitrogens with zero attached hydrogens (tertiary/aromatic N) is 2. The zero-order chi connectivity index (χ0) is 10.8. The van der Waals surface area contributed by atoms with E-state index in [1.807, 2.05) is 0 Å². The summed E-state index contributed by atoms with van der Waals surface area (Å²) in [5, 5.41) is 8.85. The molecule has 2 aliphatic rings. The minimum atomic E-state index is -0.692. The predicted octanol–water partition coefficient (Wildman–Crippen LogP) is 0.630. The van der Waals surface area contributed by atoms with Gasteiger partial charge in [0.05, 0.1) is 6.54 Å². The average molecular weight is 212 g/mol. The van der Waals surface area contributed by atoms with Crippen molar-refractivity contribution in [1.29, 1.82) is 0 Å². The Kier molecular flexibility index (Phi) is 3.26.